The molecule has 2 N–H and O–H groups in total. The van der Waals surface area contributed by atoms with Crippen LogP contribution in [0, 0.1) is 0 Å². The van der Waals surface area contributed by atoms with Crippen molar-refractivity contribution in [1.82, 2.24) is 10.3 Å². The quantitative estimate of drug-likeness (QED) is 0.896. The summed E-state index contributed by atoms with van der Waals surface area (Å²) in [6.45, 7) is 3.24. The Hall–Kier alpha value is -2.05. The lowest BCUT2D eigenvalue weighted by Crippen LogP contribution is -2.28. The van der Waals surface area contributed by atoms with Gasteiger partial charge in [0.05, 0.1) is 11.6 Å². The minimum Gasteiger partial charge on any atom is -0.486 e. The Morgan fingerprint density at radius 1 is 1.13 bits per heavy atom. The first-order valence-corrected chi connectivity index (χ1v) is 8.07. The summed E-state index contributed by atoms with van der Waals surface area (Å²) >= 11 is 0. The fraction of sp³-hybridized carbons (Fsp3) is 0.471. The molecule has 2 aliphatic rings. The average Bonchev–Trinajstić information content (AvgIpc) is 3.07. The second-order valence-electron chi connectivity index (χ2n) is 5.97. The van der Waals surface area contributed by atoms with E-state index in [4.69, 9.17) is 14.2 Å². The minimum atomic E-state index is -0.0750. The molecular formula is C17H20N2O4. The van der Waals surface area contributed by atoms with Gasteiger partial charge >= 0.3 is 0 Å². The topological polar surface area (TPSA) is 72.6 Å². The molecule has 1 aromatic heterocycles. The molecule has 0 spiro atoms. The molecule has 2 aromatic rings. The summed E-state index contributed by atoms with van der Waals surface area (Å²) in [4.78, 5) is 15.2. The van der Waals surface area contributed by atoms with Gasteiger partial charge in [-0.05, 0) is 25.0 Å². The molecule has 4 rings (SSSR count). The molecule has 1 saturated heterocycles. The molecule has 0 radical (unpaired) electrons. The van der Waals surface area contributed by atoms with Crippen molar-refractivity contribution in [2.24, 2.45) is 0 Å². The number of rotatable bonds is 4. The van der Waals surface area contributed by atoms with Gasteiger partial charge in [-0.2, -0.15) is 0 Å². The van der Waals surface area contributed by atoms with Crippen molar-refractivity contribution in [3.8, 4) is 11.5 Å². The average molecular weight is 316 g/mol. The molecule has 0 amide bonds. The van der Waals surface area contributed by atoms with Crippen molar-refractivity contribution in [2.75, 3.05) is 26.4 Å². The number of pyridine rings is 1. The zero-order valence-corrected chi connectivity index (χ0v) is 12.9. The van der Waals surface area contributed by atoms with Crippen LogP contribution in [0.4, 0.5) is 0 Å². The highest BCUT2D eigenvalue weighted by molar-refractivity contribution is 5.83. The van der Waals surface area contributed by atoms with Gasteiger partial charge in [0, 0.05) is 36.7 Å². The van der Waals surface area contributed by atoms with Crippen molar-refractivity contribution in [3.63, 3.8) is 0 Å². The van der Waals surface area contributed by atoms with Crippen LogP contribution in [0.1, 0.15) is 18.4 Å². The molecule has 0 bridgehead atoms. The van der Waals surface area contributed by atoms with Crippen LogP contribution in [0.2, 0.25) is 0 Å². The Morgan fingerprint density at radius 2 is 1.96 bits per heavy atom. The van der Waals surface area contributed by atoms with Crippen molar-refractivity contribution in [3.05, 3.63) is 34.1 Å². The number of ether oxygens (including phenoxy) is 3. The summed E-state index contributed by atoms with van der Waals surface area (Å²) in [5.74, 6) is 1.41. The van der Waals surface area contributed by atoms with Crippen molar-refractivity contribution in [2.45, 2.75) is 25.5 Å². The number of hydrogen-bond acceptors (Lipinski definition) is 5. The molecule has 2 aliphatic heterocycles. The van der Waals surface area contributed by atoms with Gasteiger partial charge < -0.3 is 24.5 Å². The van der Waals surface area contributed by atoms with E-state index in [0.717, 1.165) is 42.6 Å². The van der Waals surface area contributed by atoms with E-state index in [9.17, 15) is 4.79 Å². The fourth-order valence-electron chi connectivity index (χ4n) is 3.09. The number of nitrogens with one attached hydrogen (secondary N) is 2. The number of fused-ring (bicyclic) bond motifs is 2. The highest BCUT2D eigenvalue weighted by Crippen LogP contribution is 2.33. The number of benzene rings is 1. The normalized spacial score (nSPS) is 20.1. The molecule has 6 heteroatoms. The van der Waals surface area contributed by atoms with Crippen LogP contribution in [0.5, 0.6) is 11.5 Å². The first kappa shape index (κ1) is 14.5. The highest BCUT2D eigenvalue weighted by atomic mass is 16.6. The molecule has 0 aliphatic carbocycles. The standard InChI is InChI=1S/C17H20N2O4/c20-17-12(9-18-10-13-2-1-3-21-13)6-11-7-15-16(8-14(11)19-17)23-5-4-22-15/h6-8,13,18H,1-5,9-10H2,(H,19,20). The molecule has 1 aromatic carbocycles. The number of aromatic amines is 1. The molecule has 122 valence electrons. The van der Waals surface area contributed by atoms with Crippen LogP contribution in [-0.2, 0) is 11.3 Å². The van der Waals surface area contributed by atoms with Gasteiger partial charge in [-0.15, -0.1) is 0 Å². The highest BCUT2D eigenvalue weighted by Gasteiger charge is 2.16. The monoisotopic (exact) mass is 316 g/mol. The Bertz CT molecular complexity index is 765. The molecule has 0 saturated carbocycles. The largest absolute Gasteiger partial charge is 0.486 e. The van der Waals surface area contributed by atoms with E-state index < -0.39 is 0 Å². The SMILES string of the molecule is O=c1[nH]c2cc3c(cc2cc1CNCC1CCCO1)OCCO3. The predicted molar refractivity (Wildman–Crippen MR) is 86.2 cm³/mol. The van der Waals surface area contributed by atoms with E-state index in [2.05, 4.69) is 10.3 Å². The lowest BCUT2D eigenvalue weighted by atomic mass is 10.1. The van der Waals surface area contributed by atoms with E-state index in [0.29, 0.717) is 31.1 Å². The summed E-state index contributed by atoms with van der Waals surface area (Å²) in [5, 5.41) is 4.26. The Morgan fingerprint density at radius 3 is 2.74 bits per heavy atom. The third-order valence-electron chi connectivity index (χ3n) is 4.30. The van der Waals surface area contributed by atoms with Crippen LogP contribution in [0.25, 0.3) is 10.9 Å². The molecule has 1 fully saturated rings. The lowest BCUT2D eigenvalue weighted by molar-refractivity contribution is 0.110. The van der Waals surface area contributed by atoms with E-state index in [-0.39, 0.29) is 11.7 Å². The van der Waals surface area contributed by atoms with Crippen molar-refractivity contribution >= 4 is 10.9 Å². The van der Waals surface area contributed by atoms with Gasteiger partial charge in [-0.1, -0.05) is 0 Å². The summed E-state index contributed by atoms with van der Waals surface area (Å²) in [6.07, 6.45) is 2.48. The molecule has 3 heterocycles. The van der Waals surface area contributed by atoms with E-state index in [1.807, 2.05) is 18.2 Å². The third kappa shape index (κ3) is 3.04. The third-order valence-corrected chi connectivity index (χ3v) is 4.30. The number of aromatic nitrogens is 1. The summed E-state index contributed by atoms with van der Waals surface area (Å²) in [7, 11) is 0. The Kier molecular flexibility index (Phi) is 3.93. The van der Waals surface area contributed by atoms with Crippen molar-refractivity contribution in [1.29, 1.82) is 0 Å². The smallest absolute Gasteiger partial charge is 0.252 e. The van der Waals surface area contributed by atoms with Crippen LogP contribution in [0.3, 0.4) is 0 Å². The second kappa shape index (κ2) is 6.22. The zero-order valence-electron chi connectivity index (χ0n) is 12.9. The fourth-order valence-corrected chi connectivity index (χ4v) is 3.09. The van der Waals surface area contributed by atoms with E-state index >= 15 is 0 Å². The van der Waals surface area contributed by atoms with E-state index in [1.54, 1.807) is 0 Å². The van der Waals surface area contributed by atoms with Gasteiger partial charge in [0.15, 0.2) is 11.5 Å². The maximum Gasteiger partial charge on any atom is 0.252 e. The molecule has 1 unspecified atom stereocenters. The molecule has 1 atom stereocenters. The van der Waals surface area contributed by atoms with Gasteiger partial charge in [0.25, 0.3) is 5.56 Å². The molecule has 6 nitrogen and oxygen atoms in total. The molecule has 23 heavy (non-hydrogen) atoms. The predicted octanol–water partition coefficient (Wildman–Crippen LogP) is 1.57. The lowest BCUT2D eigenvalue weighted by Gasteiger charge is -2.19. The zero-order chi connectivity index (χ0) is 15.6. The minimum absolute atomic E-state index is 0.0750. The van der Waals surface area contributed by atoms with Crippen LogP contribution >= 0.6 is 0 Å². The van der Waals surface area contributed by atoms with Gasteiger partial charge in [-0.3, -0.25) is 4.79 Å². The molecular weight excluding hydrogens is 296 g/mol. The first-order chi connectivity index (χ1) is 11.3. The first-order valence-electron chi connectivity index (χ1n) is 8.07. The number of H-pyrrole nitrogens is 1. The maximum atomic E-state index is 12.2. The summed E-state index contributed by atoms with van der Waals surface area (Å²) < 4.78 is 16.7. The second-order valence-corrected chi connectivity index (χ2v) is 5.97. The van der Waals surface area contributed by atoms with Crippen LogP contribution in [-0.4, -0.2) is 37.5 Å². The maximum absolute atomic E-state index is 12.2. The Balaban J connectivity index is 1.54. The van der Waals surface area contributed by atoms with Crippen LogP contribution < -0.4 is 20.3 Å². The summed E-state index contributed by atoms with van der Waals surface area (Å²) in [5.41, 5.74) is 1.41. The Labute approximate surface area is 133 Å². The van der Waals surface area contributed by atoms with Crippen molar-refractivity contribution < 1.29 is 14.2 Å². The van der Waals surface area contributed by atoms with Gasteiger partial charge in [0.1, 0.15) is 13.2 Å². The van der Waals surface area contributed by atoms with Gasteiger partial charge in [0.2, 0.25) is 0 Å². The summed E-state index contributed by atoms with van der Waals surface area (Å²) in [6, 6.07) is 5.66. The van der Waals surface area contributed by atoms with Gasteiger partial charge in [-0.25, -0.2) is 0 Å². The van der Waals surface area contributed by atoms with E-state index in [1.165, 1.54) is 0 Å². The number of hydrogen-bond donors (Lipinski definition) is 2. The van der Waals surface area contributed by atoms with Crippen LogP contribution in [0.15, 0.2) is 23.0 Å².